The van der Waals surface area contributed by atoms with Crippen LogP contribution in [0.15, 0.2) is 36.4 Å². The van der Waals surface area contributed by atoms with Gasteiger partial charge < -0.3 is 19.9 Å². The molecule has 1 atom stereocenters. The summed E-state index contributed by atoms with van der Waals surface area (Å²) in [6.07, 6.45) is 0. The Hall–Kier alpha value is -2.44. The van der Waals surface area contributed by atoms with Gasteiger partial charge in [-0.25, -0.2) is 4.79 Å². The molecule has 2 aromatic rings. The van der Waals surface area contributed by atoms with E-state index in [1.807, 2.05) is 38.1 Å². The normalized spacial score (nSPS) is 11.8. The quantitative estimate of drug-likeness (QED) is 0.645. The van der Waals surface area contributed by atoms with E-state index >= 15 is 0 Å². The largest absolute Gasteiger partial charge is 0.497 e. The summed E-state index contributed by atoms with van der Waals surface area (Å²) in [5, 5.41) is 12.0. The molecule has 2 rings (SSSR count). The van der Waals surface area contributed by atoms with Crippen molar-refractivity contribution in [3.8, 4) is 11.5 Å². The number of aromatic carboxylic acids is 1. The summed E-state index contributed by atoms with van der Waals surface area (Å²) < 4.78 is 10.6. The number of hydrogen-bond donors (Lipinski definition) is 2. The highest BCUT2D eigenvalue weighted by Crippen LogP contribution is 2.34. The first-order valence-corrected chi connectivity index (χ1v) is 9.27. The molecule has 2 N–H and O–H groups in total. The Bertz CT molecular complexity index is 829. The highest BCUT2D eigenvalue weighted by molar-refractivity contribution is 6.37. The zero-order valence-corrected chi connectivity index (χ0v) is 17.2. The number of carboxylic acid groups (broad SMARTS) is 1. The molecular formula is C20H21Cl2NO5. The van der Waals surface area contributed by atoms with Crippen molar-refractivity contribution >= 4 is 35.1 Å². The highest BCUT2D eigenvalue weighted by atomic mass is 35.5. The third-order valence-electron chi connectivity index (χ3n) is 4.05. The van der Waals surface area contributed by atoms with Gasteiger partial charge in [-0.05, 0) is 35.7 Å². The topological polar surface area (TPSA) is 84.9 Å². The number of amides is 1. The monoisotopic (exact) mass is 425 g/mol. The number of carboxylic acids is 1. The third-order valence-corrected chi connectivity index (χ3v) is 4.61. The second-order valence-electron chi connectivity index (χ2n) is 6.43. The number of hydrogen-bond acceptors (Lipinski definition) is 4. The van der Waals surface area contributed by atoms with E-state index in [4.69, 9.17) is 37.8 Å². The molecule has 0 saturated carbocycles. The Kier molecular flexibility index (Phi) is 7.54. The minimum absolute atomic E-state index is 0.0215. The Balaban J connectivity index is 2.06. The SMILES string of the molecule is COc1ccc([C@H](NC(=O)COc2c(Cl)cc(C(=O)O)cc2Cl)C(C)C)cc1. The van der Waals surface area contributed by atoms with Crippen molar-refractivity contribution < 1.29 is 24.2 Å². The number of rotatable bonds is 8. The highest BCUT2D eigenvalue weighted by Gasteiger charge is 2.20. The number of halogens is 2. The van der Waals surface area contributed by atoms with Crippen LogP contribution in [0.2, 0.25) is 10.0 Å². The van der Waals surface area contributed by atoms with Gasteiger partial charge in [-0.15, -0.1) is 0 Å². The first-order valence-electron chi connectivity index (χ1n) is 8.51. The molecular weight excluding hydrogens is 405 g/mol. The second-order valence-corrected chi connectivity index (χ2v) is 7.24. The summed E-state index contributed by atoms with van der Waals surface area (Å²) in [6, 6.07) is 9.66. The predicted octanol–water partition coefficient (Wildman–Crippen LogP) is 4.59. The van der Waals surface area contributed by atoms with Crippen molar-refractivity contribution in [3.05, 3.63) is 57.6 Å². The molecule has 28 heavy (non-hydrogen) atoms. The smallest absolute Gasteiger partial charge is 0.335 e. The van der Waals surface area contributed by atoms with Gasteiger partial charge in [0.2, 0.25) is 0 Å². The van der Waals surface area contributed by atoms with Crippen molar-refractivity contribution in [1.82, 2.24) is 5.32 Å². The van der Waals surface area contributed by atoms with Gasteiger partial charge in [0.25, 0.3) is 5.91 Å². The van der Waals surface area contributed by atoms with E-state index in [1.165, 1.54) is 12.1 Å². The van der Waals surface area contributed by atoms with Gasteiger partial charge in [0.15, 0.2) is 12.4 Å². The predicted molar refractivity (Wildman–Crippen MR) is 108 cm³/mol. The lowest BCUT2D eigenvalue weighted by Crippen LogP contribution is -2.35. The first kappa shape index (κ1) is 21.9. The lowest BCUT2D eigenvalue weighted by molar-refractivity contribution is -0.124. The Labute approximate surface area is 173 Å². The van der Waals surface area contributed by atoms with E-state index in [9.17, 15) is 9.59 Å². The number of methoxy groups -OCH3 is 1. The van der Waals surface area contributed by atoms with Crippen LogP contribution < -0.4 is 14.8 Å². The maximum absolute atomic E-state index is 12.4. The zero-order chi connectivity index (χ0) is 20.8. The molecule has 8 heteroatoms. The average Bonchev–Trinajstić information content (AvgIpc) is 2.65. The molecule has 0 unspecified atom stereocenters. The van der Waals surface area contributed by atoms with E-state index in [1.54, 1.807) is 7.11 Å². The van der Waals surface area contributed by atoms with Gasteiger partial charge in [0.1, 0.15) is 5.75 Å². The molecule has 1 amide bonds. The van der Waals surface area contributed by atoms with Crippen LogP contribution in [0.4, 0.5) is 0 Å². The van der Waals surface area contributed by atoms with Crippen molar-refractivity contribution in [3.63, 3.8) is 0 Å². The third kappa shape index (κ3) is 5.53. The molecule has 0 radical (unpaired) electrons. The zero-order valence-electron chi connectivity index (χ0n) is 15.7. The molecule has 0 fully saturated rings. The van der Waals surface area contributed by atoms with E-state index in [0.29, 0.717) is 0 Å². The van der Waals surface area contributed by atoms with Gasteiger partial charge in [-0.1, -0.05) is 49.2 Å². The fraction of sp³-hybridized carbons (Fsp3) is 0.300. The first-order chi connectivity index (χ1) is 13.2. The van der Waals surface area contributed by atoms with Crippen molar-refractivity contribution in [2.24, 2.45) is 5.92 Å². The molecule has 2 aromatic carbocycles. The summed E-state index contributed by atoms with van der Waals surface area (Å²) >= 11 is 12.1. The number of carbonyl (C=O) groups excluding carboxylic acids is 1. The van der Waals surface area contributed by atoms with Crippen LogP contribution in [0.5, 0.6) is 11.5 Å². The molecule has 150 valence electrons. The van der Waals surface area contributed by atoms with E-state index in [0.717, 1.165) is 11.3 Å². The number of ether oxygens (including phenoxy) is 2. The number of nitrogens with one attached hydrogen (secondary N) is 1. The van der Waals surface area contributed by atoms with Gasteiger partial charge >= 0.3 is 5.97 Å². The molecule has 0 bridgehead atoms. The Morgan fingerprint density at radius 2 is 1.68 bits per heavy atom. The summed E-state index contributed by atoms with van der Waals surface area (Å²) in [6.45, 7) is 3.67. The molecule has 0 heterocycles. The van der Waals surface area contributed by atoms with Crippen LogP contribution in [0.1, 0.15) is 35.8 Å². The van der Waals surface area contributed by atoms with Gasteiger partial charge in [-0.3, -0.25) is 4.79 Å². The number of carbonyl (C=O) groups is 2. The van der Waals surface area contributed by atoms with Crippen molar-refractivity contribution in [2.45, 2.75) is 19.9 Å². The summed E-state index contributed by atoms with van der Waals surface area (Å²) in [5.74, 6) is -0.584. The average molecular weight is 426 g/mol. The fourth-order valence-electron chi connectivity index (χ4n) is 2.62. The Morgan fingerprint density at radius 1 is 1.11 bits per heavy atom. The molecule has 0 aliphatic heterocycles. The molecule has 0 aliphatic carbocycles. The van der Waals surface area contributed by atoms with Gasteiger partial charge in [-0.2, -0.15) is 0 Å². The fourth-order valence-corrected chi connectivity index (χ4v) is 3.22. The lowest BCUT2D eigenvalue weighted by atomic mass is 9.96. The van der Waals surface area contributed by atoms with E-state index < -0.39 is 5.97 Å². The van der Waals surface area contributed by atoms with Crippen LogP contribution in [-0.2, 0) is 4.79 Å². The number of benzene rings is 2. The summed E-state index contributed by atoms with van der Waals surface area (Å²) in [4.78, 5) is 23.4. The molecule has 0 aliphatic rings. The molecule has 0 spiro atoms. The minimum atomic E-state index is -1.16. The van der Waals surface area contributed by atoms with Gasteiger partial charge in [0.05, 0.1) is 28.8 Å². The van der Waals surface area contributed by atoms with Crippen molar-refractivity contribution in [1.29, 1.82) is 0 Å². The van der Waals surface area contributed by atoms with Crippen LogP contribution in [0.25, 0.3) is 0 Å². The summed E-state index contributed by atoms with van der Waals surface area (Å²) in [7, 11) is 1.59. The van der Waals surface area contributed by atoms with Gasteiger partial charge in [0, 0.05) is 0 Å². The Morgan fingerprint density at radius 3 is 2.14 bits per heavy atom. The van der Waals surface area contributed by atoms with E-state index in [-0.39, 0.29) is 45.8 Å². The minimum Gasteiger partial charge on any atom is -0.497 e. The maximum atomic E-state index is 12.4. The molecule has 0 aromatic heterocycles. The van der Waals surface area contributed by atoms with Crippen LogP contribution in [0, 0.1) is 5.92 Å². The van der Waals surface area contributed by atoms with Crippen molar-refractivity contribution in [2.75, 3.05) is 13.7 Å². The second kappa shape index (κ2) is 9.66. The molecule has 0 saturated heterocycles. The summed E-state index contributed by atoms with van der Waals surface area (Å²) in [5.41, 5.74) is 0.872. The van der Waals surface area contributed by atoms with E-state index in [2.05, 4.69) is 5.32 Å². The van der Waals surface area contributed by atoms with Crippen LogP contribution in [0.3, 0.4) is 0 Å². The lowest BCUT2D eigenvalue weighted by Gasteiger charge is -2.23. The van der Waals surface area contributed by atoms with Crippen LogP contribution in [-0.4, -0.2) is 30.7 Å². The standard InChI is InChI=1S/C20H21Cl2NO5/c1-11(2)18(12-4-6-14(27-3)7-5-12)23-17(24)10-28-19-15(21)8-13(20(25)26)9-16(19)22/h4-9,11,18H,10H2,1-3H3,(H,23,24)(H,25,26)/t18-/m1/s1. The van der Waals surface area contributed by atoms with Crippen LogP contribution >= 0.6 is 23.2 Å². The maximum Gasteiger partial charge on any atom is 0.335 e. The molecule has 6 nitrogen and oxygen atoms in total.